The van der Waals surface area contributed by atoms with Gasteiger partial charge >= 0.3 is 11.9 Å². The minimum atomic E-state index is -1.02. The zero-order valence-corrected chi connectivity index (χ0v) is 22.8. The van der Waals surface area contributed by atoms with Gasteiger partial charge in [0, 0.05) is 16.7 Å². The van der Waals surface area contributed by atoms with Crippen LogP contribution in [-0.2, 0) is 9.53 Å². The van der Waals surface area contributed by atoms with Crippen LogP contribution in [0.15, 0.2) is 80.1 Å². The molecule has 3 heterocycles. The Hall–Kier alpha value is -4.21. The van der Waals surface area contributed by atoms with Crippen LogP contribution in [-0.4, -0.2) is 28.2 Å². The third-order valence-corrected chi connectivity index (χ3v) is 7.77. The fourth-order valence-electron chi connectivity index (χ4n) is 4.62. The Morgan fingerprint density at radius 3 is 2.64 bits per heavy atom. The zero-order valence-electron chi connectivity index (χ0n) is 21.2. The lowest BCUT2D eigenvalue weighted by Gasteiger charge is -2.25. The smallest absolute Gasteiger partial charge is 0.338 e. The molecule has 2 aromatic carbocycles. The van der Waals surface area contributed by atoms with E-state index in [0.717, 1.165) is 0 Å². The molecule has 0 saturated heterocycles. The second-order valence-electron chi connectivity index (χ2n) is 8.81. The number of aromatic nitrogens is 1. The number of carbonyl (C=O) groups excluding carboxylic acids is 1. The molecule has 198 valence electrons. The van der Waals surface area contributed by atoms with E-state index in [-0.39, 0.29) is 23.3 Å². The zero-order chi connectivity index (χ0) is 27.8. The number of fused-ring (bicyclic) bond motifs is 1. The highest BCUT2D eigenvalue weighted by atomic mass is 35.5. The van der Waals surface area contributed by atoms with E-state index in [9.17, 15) is 19.5 Å². The Morgan fingerprint density at radius 1 is 1.15 bits per heavy atom. The van der Waals surface area contributed by atoms with Crippen LogP contribution in [0.25, 0.3) is 17.4 Å². The van der Waals surface area contributed by atoms with Crippen LogP contribution in [0.4, 0.5) is 0 Å². The van der Waals surface area contributed by atoms with Crippen LogP contribution < -0.4 is 14.9 Å². The summed E-state index contributed by atoms with van der Waals surface area (Å²) in [5.41, 5.74) is 2.32. The van der Waals surface area contributed by atoms with Gasteiger partial charge in [0.25, 0.3) is 5.56 Å². The van der Waals surface area contributed by atoms with E-state index < -0.39 is 18.0 Å². The molecule has 0 saturated carbocycles. The number of carbonyl (C=O) groups is 2. The Bertz CT molecular complexity index is 1850. The van der Waals surface area contributed by atoms with Crippen molar-refractivity contribution in [3.63, 3.8) is 0 Å². The first kappa shape index (κ1) is 26.4. The Morgan fingerprint density at radius 2 is 1.92 bits per heavy atom. The van der Waals surface area contributed by atoms with Crippen molar-refractivity contribution in [3.05, 3.63) is 113 Å². The van der Waals surface area contributed by atoms with Crippen molar-refractivity contribution in [2.45, 2.75) is 26.8 Å². The maximum atomic E-state index is 13.8. The molecule has 0 bridgehead atoms. The second kappa shape index (κ2) is 10.5. The van der Waals surface area contributed by atoms with Gasteiger partial charge in [-0.3, -0.25) is 9.36 Å². The number of allylic oxidation sites excluding steroid dienone is 1. The molecule has 1 aliphatic rings. The molecule has 0 radical (unpaired) electrons. The molecule has 1 atom stereocenters. The minimum absolute atomic E-state index is 0.172. The number of nitrogens with zero attached hydrogens (tertiary/aromatic N) is 2. The number of ether oxygens (including phenoxy) is 1. The van der Waals surface area contributed by atoms with Gasteiger partial charge in [-0.2, -0.15) is 0 Å². The normalized spacial score (nSPS) is 15.2. The van der Waals surface area contributed by atoms with Gasteiger partial charge in [0.2, 0.25) is 0 Å². The summed E-state index contributed by atoms with van der Waals surface area (Å²) >= 11 is 7.70. The lowest BCUT2D eigenvalue weighted by atomic mass is 9.96. The van der Waals surface area contributed by atoms with E-state index in [1.54, 1.807) is 75.4 Å². The van der Waals surface area contributed by atoms with Gasteiger partial charge in [0.1, 0.15) is 17.6 Å². The fraction of sp³-hybridized carbons (Fsp3) is 0.172. The summed E-state index contributed by atoms with van der Waals surface area (Å²) in [6.45, 7) is 5.31. The average Bonchev–Trinajstić information content (AvgIpc) is 3.48. The molecular weight excluding hydrogens is 540 g/mol. The summed E-state index contributed by atoms with van der Waals surface area (Å²) < 4.78 is 13.1. The number of furan rings is 1. The topological polar surface area (TPSA) is 111 Å². The number of halogens is 1. The molecular formula is C29H23ClN2O6S. The van der Waals surface area contributed by atoms with E-state index in [1.165, 1.54) is 22.0 Å². The van der Waals surface area contributed by atoms with Gasteiger partial charge in [-0.25, -0.2) is 14.6 Å². The van der Waals surface area contributed by atoms with Crippen molar-refractivity contribution in [2.24, 2.45) is 4.99 Å². The van der Waals surface area contributed by atoms with Gasteiger partial charge in [-0.05, 0) is 56.2 Å². The first-order valence-corrected chi connectivity index (χ1v) is 13.3. The van der Waals surface area contributed by atoms with Gasteiger partial charge in [0.05, 0.1) is 28.0 Å². The van der Waals surface area contributed by atoms with Gasteiger partial charge in [-0.15, -0.1) is 0 Å². The van der Waals surface area contributed by atoms with E-state index in [4.69, 9.17) is 20.8 Å². The highest BCUT2D eigenvalue weighted by molar-refractivity contribution is 7.07. The summed E-state index contributed by atoms with van der Waals surface area (Å²) in [5, 5.41) is 9.85. The third kappa shape index (κ3) is 4.75. The molecule has 39 heavy (non-hydrogen) atoms. The molecule has 0 aliphatic carbocycles. The SMILES string of the molecule is CCOC(=O)C1=C(C)N=c2s/c(=C/c3ccc(-c4cccc(C(=O)O)c4C)o3)c(=O)n2[C@H]1c1ccccc1Cl. The number of aromatic carboxylic acids is 1. The number of hydrogen-bond donors (Lipinski definition) is 1. The van der Waals surface area contributed by atoms with Crippen molar-refractivity contribution in [3.8, 4) is 11.3 Å². The van der Waals surface area contributed by atoms with Crippen molar-refractivity contribution in [1.82, 2.24) is 4.57 Å². The first-order valence-electron chi connectivity index (χ1n) is 12.1. The summed E-state index contributed by atoms with van der Waals surface area (Å²) in [6, 6.07) is 14.6. The lowest BCUT2D eigenvalue weighted by molar-refractivity contribution is -0.139. The number of carboxylic acid groups (broad SMARTS) is 1. The largest absolute Gasteiger partial charge is 0.478 e. The molecule has 8 nitrogen and oxygen atoms in total. The molecule has 0 spiro atoms. The molecule has 10 heteroatoms. The van der Waals surface area contributed by atoms with Crippen LogP contribution in [0, 0.1) is 6.92 Å². The molecule has 1 N–H and O–H groups in total. The number of thiazole rings is 1. The molecule has 0 amide bonds. The van der Waals surface area contributed by atoms with E-state index >= 15 is 0 Å². The maximum Gasteiger partial charge on any atom is 0.338 e. The van der Waals surface area contributed by atoms with E-state index in [0.29, 0.717) is 48.3 Å². The van der Waals surface area contributed by atoms with Crippen LogP contribution in [0.2, 0.25) is 5.02 Å². The maximum absolute atomic E-state index is 13.8. The molecule has 4 aromatic rings. The molecule has 5 rings (SSSR count). The summed E-state index contributed by atoms with van der Waals surface area (Å²) in [4.78, 5) is 43.3. The van der Waals surface area contributed by atoms with E-state index in [1.807, 2.05) is 0 Å². The first-order chi connectivity index (χ1) is 18.7. The molecule has 2 aromatic heterocycles. The Kier molecular flexibility index (Phi) is 7.12. The lowest BCUT2D eigenvalue weighted by Crippen LogP contribution is -2.40. The van der Waals surface area contributed by atoms with E-state index in [2.05, 4.69) is 4.99 Å². The fourth-order valence-corrected chi connectivity index (χ4v) is 5.89. The average molecular weight is 563 g/mol. The highest BCUT2D eigenvalue weighted by Crippen LogP contribution is 2.34. The van der Waals surface area contributed by atoms with Crippen LogP contribution in [0.1, 0.15) is 47.1 Å². The minimum Gasteiger partial charge on any atom is -0.478 e. The quantitative estimate of drug-likeness (QED) is 0.340. The number of hydrogen-bond acceptors (Lipinski definition) is 7. The summed E-state index contributed by atoms with van der Waals surface area (Å²) in [6.07, 6.45) is 1.61. The van der Waals surface area contributed by atoms with Crippen molar-refractivity contribution < 1.29 is 23.8 Å². The third-order valence-electron chi connectivity index (χ3n) is 6.45. The monoisotopic (exact) mass is 562 g/mol. The Balaban J connectivity index is 1.64. The standard InChI is InChI=1S/C29H23ClN2O6S/c1-4-37-28(36)24-16(3)31-29-32(25(24)20-8-5-6-11-21(20)30)26(33)23(39-29)14-17-12-13-22(38-17)18-9-7-10-19(15(18)2)27(34)35/h5-14,25H,4H2,1-3H3,(H,34,35)/b23-14+/t25-/m0/s1. The van der Waals surface area contributed by atoms with Crippen LogP contribution in [0.3, 0.4) is 0 Å². The summed E-state index contributed by atoms with van der Waals surface area (Å²) in [5.74, 6) is -0.699. The highest BCUT2D eigenvalue weighted by Gasteiger charge is 2.34. The van der Waals surface area contributed by atoms with Crippen LogP contribution in [0.5, 0.6) is 0 Å². The number of rotatable bonds is 6. The second-order valence-corrected chi connectivity index (χ2v) is 10.2. The van der Waals surface area contributed by atoms with Crippen molar-refractivity contribution >= 4 is 41.0 Å². The van der Waals surface area contributed by atoms with Crippen LogP contribution >= 0.6 is 22.9 Å². The van der Waals surface area contributed by atoms with Crippen molar-refractivity contribution in [2.75, 3.05) is 6.61 Å². The summed E-state index contributed by atoms with van der Waals surface area (Å²) in [7, 11) is 0. The number of benzene rings is 2. The van der Waals surface area contributed by atoms with Crippen molar-refractivity contribution in [1.29, 1.82) is 0 Å². The number of esters is 1. The van der Waals surface area contributed by atoms with Gasteiger partial charge in [-0.1, -0.05) is 53.3 Å². The predicted molar refractivity (Wildman–Crippen MR) is 148 cm³/mol. The number of carboxylic acids is 1. The Labute approximate surface area is 231 Å². The molecule has 0 fully saturated rings. The molecule has 0 unspecified atom stereocenters. The molecule has 1 aliphatic heterocycles. The van der Waals surface area contributed by atoms with Gasteiger partial charge in [0.15, 0.2) is 4.80 Å². The predicted octanol–water partition coefficient (Wildman–Crippen LogP) is 4.72. The van der Waals surface area contributed by atoms with Gasteiger partial charge < -0.3 is 14.3 Å².